The molecule has 5 heteroatoms. The summed E-state index contributed by atoms with van der Waals surface area (Å²) in [6, 6.07) is 10.7. The molecule has 3 aliphatic rings. The first kappa shape index (κ1) is 21.9. The summed E-state index contributed by atoms with van der Waals surface area (Å²) in [5, 5.41) is 12.4. The van der Waals surface area contributed by atoms with Crippen LogP contribution >= 0.6 is 0 Å². The van der Waals surface area contributed by atoms with Gasteiger partial charge in [0, 0.05) is 36.8 Å². The fourth-order valence-electron chi connectivity index (χ4n) is 6.29. The second kappa shape index (κ2) is 7.82. The lowest BCUT2D eigenvalue weighted by Crippen LogP contribution is -2.63. The van der Waals surface area contributed by atoms with Crippen molar-refractivity contribution in [2.45, 2.75) is 63.6 Å². The Morgan fingerprint density at radius 1 is 1.03 bits per heavy atom. The summed E-state index contributed by atoms with van der Waals surface area (Å²) < 4.78 is 6.26. The van der Waals surface area contributed by atoms with Crippen molar-refractivity contribution in [3.05, 3.63) is 59.4 Å². The van der Waals surface area contributed by atoms with Gasteiger partial charge in [-0.05, 0) is 43.0 Å². The van der Waals surface area contributed by atoms with Crippen molar-refractivity contribution in [1.82, 2.24) is 9.88 Å². The fourth-order valence-corrected chi connectivity index (χ4v) is 6.29. The molecule has 0 radical (unpaired) electrons. The highest BCUT2D eigenvalue weighted by Gasteiger charge is 2.55. The molecule has 172 valence electrons. The summed E-state index contributed by atoms with van der Waals surface area (Å²) in [5.41, 5.74) is 2.77. The summed E-state index contributed by atoms with van der Waals surface area (Å²) in [6.45, 7) is 9.80. The molecule has 1 aromatic heterocycles. The van der Waals surface area contributed by atoms with Gasteiger partial charge in [0.1, 0.15) is 12.3 Å². The van der Waals surface area contributed by atoms with Crippen molar-refractivity contribution in [1.29, 1.82) is 0 Å². The number of ether oxygens (including phenoxy) is 1. The molecule has 1 atom stereocenters. The van der Waals surface area contributed by atoms with Crippen molar-refractivity contribution in [2.75, 3.05) is 38.3 Å². The first-order valence-corrected chi connectivity index (χ1v) is 12.1. The highest BCUT2D eigenvalue weighted by molar-refractivity contribution is 5.51. The molecule has 5 nitrogen and oxygen atoms in total. The smallest absolute Gasteiger partial charge is 0.124 e. The van der Waals surface area contributed by atoms with E-state index in [1.807, 2.05) is 12.4 Å². The number of pyridine rings is 1. The number of rotatable bonds is 5. The fraction of sp³-hybridized carbons (Fsp3) is 0.593. The number of hydrogen-bond donors (Lipinski definition) is 1. The Labute approximate surface area is 192 Å². The Balaban J connectivity index is 1.52. The van der Waals surface area contributed by atoms with Gasteiger partial charge < -0.3 is 19.6 Å². The van der Waals surface area contributed by atoms with Gasteiger partial charge in [-0.2, -0.15) is 0 Å². The van der Waals surface area contributed by atoms with Gasteiger partial charge in [0.05, 0.1) is 17.5 Å². The maximum atomic E-state index is 12.4. The molecule has 2 aromatic rings. The minimum atomic E-state index is -1.11. The molecule has 1 aliphatic carbocycles. The van der Waals surface area contributed by atoms with Gasteiger partial charge in [0.25, 0.3) is 0 Å². The van der Waals surface area contributed by atoms with Crippen molar-refractivity contribution < 1.29 is 9.84 Å². The van der Waals surface area contributed by atoms with Crippen LogP contribution in [0.3, 0.4) is 0 Å². The first-order chi connectivity index (χ1) is 15.2. The SMILES string of the molecule is CC(C)c1ccc([C@](O)(c2cncc(N3COC4(CCCC4)C3)c2)C2(C)CN(C)C2)cc1. The molecule has 1 aromatic carbocycles. The number of aromatic nitrogens is 1. The molecule has 3 heterocycles. The van der Waals surface area contributed by atoms with E-state index in [4.69, 9.17) is 4.74 Å². The predicted octanol–water partition coefficient (Wildman–Crippen LogP) is 4.50. The van der Waals surface area contributed by atoms with Crippen LogP contribution in [0, 0.1) is 5.41 Å². The molecule has 0 bridgehead atoms. The Morgan fingerprint density at radius 3 is 2.34 bits per heavy atom. The minimum absolute atomic E-state index is 0.0155. The third kappa shape index (κ3) is 3.46. The van der Waals surface area contributed by atoms with Gasteiger partial charge in [0.15, 0.2) is 0 Å². The molecule has 2 saturated heterocycles. The van der Waals surface area contributed by atoms with E-state index in [9.17, 15) is 5.11 Å². The zero-order valence-corrected chi connectivity index (χ0v) is 20.0. The minimum Gasteiger partial charge on any atom is -0.380 e. The summed E-state index contributed by atoms with van der Waals surface area (Å²) in [4.78, 5) is 9.16. The molecule has 1 spiro atoms. The lowest BCUT2D eigenvalue weighted by molar-refractivity contribution is -0.127. The van der Waals surface area contributed by atoms with Crippen LogP contribution in [0.5, 0.6) is 0 Å². The lowest BCUT2D eigenvalue weighted by atomic mass is 9.62. The number of aliphatic hydroxyl groups is 1. The molecular formula is C27H37N3O2. The third-order valence-corrected chi connectivity index (χ3v) is 8.13. The standard InChI is InChI=1S/C27H37N3O2/c1-20(2)21-7-9-22(10-8-21)27(31,25(3)16-29(4)17-25)23-13-24(15-28-14-23)30-18-26(32-19-30)11-5-6-12-26/h7-10,13-15,20,31H,5-6,11-12,16-19H2,1-4H3/t27-/m0/s1. The van der Waals surface area contributed by atoms with Crippen LogP contribution in [0.15, 0.2) is 42.7 Å². The van der Waals surface area contributed by atoms with Gasteiger partial charge in [-0.25, -0.2) is 0 Å². The largest absolute Gasteiger partial charge is 0.380 e. The van der Waals surface area contributed by atoms with Crippen LogP contribution in [-0.2, 0) is 10.3 Å². The van der Waals surface area contributed by atoms with E-state index in [2.05, 4.69) is 72.9 Å². The molecule has 32 heavy (non-hydrogen) atoms. The number of benzene rings is 1. The van der Waals surface area contributed by atoms with Crippen LogP contribution in [0.4, 0.5) is 5.69 Å². The maximum absolute atomic E-state index is 12.4. The molecule has 1 saturated carbocycles. The Morgan fingerprint density at radius 2 is 1.72 bits per heavy atom. The van der Waals surface area contributed by atoms with Gasteiger partial charge in [-0.15, -0.1) is 0 Å². The van der Waals surface area contributed by atoms with Crippen molar-refractivity contribution in [2.24, 2.45) is 5.41 Å². The van der Waals surface area contributed by atoms with Gasteiger partial charge in [-0.3, -0.25) is 4.98 Å². The van der Waals surface area contributed by atoms with E-state index in [0.717, 1.165) is 49.3 Å². The Bertz CT molecular complexity index is 961. The summed E-state index contributed by atoms with van der Waals surface area (Å²) in [6.07, 6.45) is 8.57. The first-order valence-electron chi connectivity index (χ1n) is 12.1. The van der Waals surface area contributed by atoms with E-state index in [-0.39, 0.29) is 11.0 Å². The van der Waals surface area contributed by atoms with Crippen molar-refractivity contribution in [3.63, 3.8) is 0 Å². The average Bonchev–Trinajstić information content (AvgIpc) is 3.42. The quantitative estimate of drug-likeness (QED) is 0.749. The number of likely N-dealkylation sites (tertiary alicyclic amines) is 1. The molecule has 5 rings (SSSR count). The maximum Gasteiger partial charge on any atom is 0.124 e. The molecular weight excluding hydrogens is 398 g/mol. The van der Waals surface area contributed by atoms with Gasteiger partial charge in [-0.1, -0.05) is 57.9 Å². The molecule has 0 amide bonds. The second-order valence-corrected chi connectivity index (χ2v) is 11.0. The number of nitrogens with zero attached hydrogens (tertiary/aromatic N) is 3. The van der Waals surface area contributed by atoms with Crippen molar-refractivity contribution in [3.8, 4) is 0 Å². The average molecular weight is 436 g/mol. The number of anilines is 1. The van der Waals surface area contributed by atoms with Crippen molar-refractivity contribution >= 4 is 5.69 Å². The van der Waals surface area contributed by atoms with E-state index < -0.39 is 5.60 Å². The van der Waals surface area contributed by atoms with E-state index in [0.29, 0.717) is 12.6 Å². The molecule has 2 aliphatic heterocycles. The summed E-state index contributed by atoms with van der Waals surface area (Å²) in [5.74, 6) is 0.464. The van der Waals surface area contributed by atoms with Crippen LogP contribution in [0.25, 0.3) is 0 Å². The number of hydrogen-bond acceptors (Lipinski definition) is 5. The van der Waals surface area contributed by atoms with Gasteiger partial charge in [0.2, 0.25) is 0 Å². The normalized spacial score (nSPS) is 24.1. The van der Waals surface area contributed by atoms with E-state index in [1.54, 1.807) is 0 Å². The summed E-state index contributed by atoms with van der Waals surface area (Å²) in [7, 11) is 2.11. The zero-order chi connectivity index (χ0) is 22.6. The lowest BCUT2D eigenvalue weighted by Gasteiger charge is -2.56. The topological polar surface area (TPSA) is 48.8 Å². The van der Waals surface area contributed by atoms with Crippen LogP contribution < -0.4 is 4.90 Å². The summed E-state index contributed by atoms with van der Waals surface area (Å²) >= 11 is 0. The zero-order valence-electron chi connectivity index (χ0n) is 20.0. The van der Waals surface area contributed by atoms with Crippen LogP contribution in [0.2, 0.25) is 0 Å². The highest BCUT2D eigenvalue weighted by Crippen LogP contribution is 2.50. The molecule has 1 N–H and O–H groups in total. The Hall–Kier alpha value is -1.95. The van der Waals surface area contributed by atoms with Crippen LogP contribution in [0.1, 0.15) is 69.1 Å². The van der Waals surface area contributed by atoms with Gasteiger partial charge >= 0.3 is 0 Å². The molecule has 3 fully saturated rings. The molecule has 0 unspecified atom stereocenters. The van der Waals surface area contributed by atoms with Crippen LogP contribution in [-0.4, -0.2) is 54.0 Å². The third-order valence-electron chi connectivity index (χ3n) is 8.13. The second-order valence-electron chi connectivity index (χ2n) is 11.0. The monoisotopic (exact) mass is 435 g/mol. The van der Waals surface area contributed by atoms with E-state index in [1.165, 1.54) is 18.4 Å². The predicted molar refractivity (Wildman–Crippen MR) is 128 cm³/mol. The van der Waals surface area contributed by atoms with E-state index >= 15 is 0 Å². The highest BCUT2D eigenvalue weighted by atomic mass is 16.5. The Kier molecular flexibility index (Phi) is 5.35.